The van der Waals surface area contributed by atoms with Gasteiger partial charge in [-0.1, -0.05) is 231 Å². The normalized spacial score (nSPS) is 14.2. The molecule has 2 N–H and O–H groups in total. The number of likely N-dealkylation sites (N-methyl/N-ethyl adjacent to an activating group) is 1. The first-order valence-corrected chi connectivity index (χ1v) is 28.1. The van der Waals surface area contributed by atoms with Crippen molar-refractivity contribution in [3.63, 3.8) is 0 Å². The maximum atomic E-state index is 12.9. The van der Waals surface area contributed by atoms with Crippen LogP contribution >= 0.6 is 7.82 Å². The lowest BCUT2D eigenvalue weighted by molar-refractivity contribution is -0.870. The molecule has 0 heterocycles. The molecule has 3 atom stereocenters. The van der Waals surface area contributed by atoms with Gasteiger partial charge in [-0.15, -0.1) is 0 Å². The second kappa shape index (κ2) is 45.1. The van der Waals surface area contributed by atoms with Crippen LogP contribution in [0.2, 0.25) is 0 Å². The highest BCUT2D eigenvalue weighted by Gasteiger charge is 2.24. The summed E-state index contributed by atoms with van der Waals surface area (Å²) in [6.45, 7) is 4.71. The van der Waals surface area contributed by atoms with E-state index in [2.05, 4.69) is 43.5 Å². The van der Waals surface area contributed by atoms with Gasteiger partial charge in [-0.25, -0.2) is 0 Å². The third-order valence-electron chi connectivity index (χ3n) is 12.2. The molecule has 0 fully saturated rings. The van der Waals surface area contributed by atoms with Crippen LogP contribution in [0.4, 0.5) is 0 Å². The predicted molar refractivity (Wildman–Crippen MR) is 265 cm³/mol. The molecule has 0 spiro atoms. The van der Waals surface area contributed by atoms with Gasteiger partial charge in [0.1, 0.15) is 13.2 Å². The highest BCUT2D eigenvalue weighted by molar-refractivity contribution is 7.45. The van der Waals surface area contributed by atoms with E-state index in [4.69, 9.17) is 9.05 Å². The quantitative estimate of drug-likeness (QED) is 0.0273. The van der Waals surface area contributed by atoms with Crippen LogP contribution in [0, 0.1) is 0 Å². The molecule has 0 aliphatic rings. The number of hydrogen-bond acceptors (Lipinski definition) is 6. The second-order valence-corrected chi connectivity index (χ2v) is 21.0. The van der Waals surface area contributed by atoms with Crippen molar-refractivity contribution in [1.29, 1.82) is 0 Å². The van der Waals surface area contributed by atoms with E-state index in [1.807, 2.05) is 21.1 Å². The van der Waals surface area contributed by atoms with Gasteiger partial charge in [0.05, 0.1) is 39.9 Å². The summed E-state index contributed by atoms with van der Waals surface area (Å²) in [4.78, 5) is 25.4. The zero-order valence-corrected chi connectivity index (χ0v) is 42.7. The molecular formula is C53H105N2O6P. The molecule has 368 valence electrons. The Labute approximate surface area is 385 Å². The van der Waals surface area contributed by atoms with Crippen LogP contribution in [0.3, 0.4) is 0 Å². The lowest BCUT2D eigenvalue weighted by Crippen LogP contribution is -2.46. The van der Waals surface area contributed by atoms with Gasteiger partial charge in [-0.05, 0) is 44.9 Å². The molecule has 0 rings (SSSR count). The predicted octanol–water partition coefficient (Wildman–Crippen LogP) is 15.0. The van der Waals surface area contributed by atoms with Gasteiger partial charge in [0.15, 0.2) is 0 Å². The molecule has 62 heavy (non-hydrogen) atoms. The number of carbonyl (C=O) groups is 1. The fourth-order valence-electron chi connectivity index (χ4n) is 7.95. The molecule has 0 radical (unpaired) electrons. The van der Waals surface area contributed by atoms with Crippen molar-refractivity contribution in [1.82, 2.24) is 5.32 Å². The summed E-state index contributed by atoms with van der Waals surface area (Å²) in [5, 5.41) is 14.0. The summed E-state index contributed by atoms with van der Waals surface area (Å²) in [6.07, 6.45) is 54.9. The Morgan fingerprint density at radius 2 is 0.935 bits per heavy atom. The minimum absolute atomic E-state index is 0.0102. The molecule has 0 bridgehead atoms. The molecule has 8 nitrogen and oxygen atoms in total. The number of nitrogens with one attached hydrogen (secondary N) is 1. The summed E-state index contributed by atoms with van der Waals surface area (Å²) < 4.78 is 23.4. The van der Waals surface area contributed by atoms with Crippen LogP contribution in [0.25, 0.3) is 0 Å². The Morgan fingerprint density at radius 3 is 1.37 bits per heavy atom. The van der Waals surface area contributed by atoms with Crippen molar-refractivity contribution < 1.29 is 32.9 Å². The summed E-state index contributed by atoms with van der Waals surface area (Å²) in [7, 11) is 1.30. The average molecular weight is 897 g/mol. The monoisotopic (exact) mass is 897 g/mol. The SMILES string of the molecule is CCCCC/C=C\C/C=C\CCCCCCCC(=O)NC(COP(=O)([O-])OCC[N+](C)(C)C)C(O)CCCCCCCCCCCCCCCCCCCCCCCCCCC. The third kappa shape index (κ3) is 47.0. The number of aliphatic hydroxyl groups excluding tert-OH is 1. The fourth-order valence-corrected chi connectivity index (χ4v) is 8.68. The first-order valence-electron chi connectivity index (χ1n) is 26.7. The molecule has 3 unspecified atom stereocenters. The number of amides is 1. The van der Waals surface area contributed by atoms with E-state index in [9.17, 15) is 19.4 Å². The molecule has 0 aliphatic heterocycles. The molecule has 0 aliphatic carbocycles. The minimum atomic E-state index is -4.57. The largest absolute Gasteiger partial charge is 0.756 e. The van der Waals surface area contributed by atoms with E-state index in [0.29, 0.717) is 23.9 Å². The molecule has 0 saturated heterocycles. The van der Waals surface area contributed by atoms with Crippen molar-refractivity contribution >= 4 is 13.7 Å². The highest BCUT2D eigenvalue weighted by Crippen LogP contribution is 2.38. The lowest BCUT2D eigenvalue weighted by atomic mass is 10.0. The molecule has 1 amide bonds. The van der Waals surface area contributed by atoms with Gasteiger partial charge >= 0.3 is 0 Å². The summed E-state index contributed by atoms with van der Waals surface area (Å²) >= 11 is 0. The van der Waals surface area contributed by atoms with E-state index in [1.54, 1.807) is 0 Å². The Kier molecular flexibility index (Phi) is 44.4. The number of quaternary nitrogens is 1. The van der Waals surface area contributed by atoms with Crippen LogP contribution in [0.15, 0.2) is 24.3 Å². The van der Waals surface area contributed by atoms with Gasteiger partial charge in [0.2, 0.25) is 5.91 Å². The number of rotatable bonds is 49. The van der Waals surface area contributed by atoms with E-state index >= 15 is 0 Å². The first-order chi connectivity index (χ1) is 30.0. The molecular weight excluding hydrogens is 792 g/mol. The average Bonchev–Trinajstić information content (AvgIpc) is 3.23. The summed E-state index contributed by atoms with van der Waals surface area (Å²) in [6, 6.07) is -0.806. The standard InChI is InChI=1S/C53H105N2O6P/c1-6-8-10-12-14-16-18-20-22-23-24-25-26-27-28-29-30-31-33-34-36-38-40-42-44-46-52(56)51(50-61-62(58,59)60-49-48-55(3,4)5)54-53(57)47-45-43-41-39-37-35-32-21-19-17-15-13-11-9-7-2/h15,17,21,32,51-52,56H,6-14,16,18-20,22-31,33-50H2,1-5H3,(H-,54,57,58,59)/b17-15-,32-21-. The van der Waals surface area contributed by atoms with Gasteiger partial charge in [0.25, 0.3) is 7.82 Å². The Hall–Kier alpha value is -1.02. The fraction of sp³-hybridized carbons (Fsp3) is 0.906. The number of phosphoric acid groups is 1. The van der Waals surface area contributed by atoms with Gasteiger partial charge in [0, 0.05) is 6.42 Å². The smallest absolute Gasteiger partial charge is 0.268 e. The number of allylic oxidation sites excluding steroid dienone is 4. The minimum Gasteiger partial charge on any atom is -0.756 e. The van der Waals surface area contributed by atoms with Gasteiger partial charge in [-0.2, -0.15) is 0 Å². The first kappa shape index (κ1) is 61.0. The van der Waals surface area contributed by atoms with Crippen molar-refractivity contribution in [3.05, 3.63) is 24.3 Å². The molecule has 0 aromatic heterocycles. The third-order valence-corrected chi connectivity index (χ3v) is 13.2. The Morgan fingerprint density at radius 1 is 0.565 bits per heavy atom. The van der Waals surface area contributed by atoms with Crippen molar-refractivity contribution in [3.8, 4) is 0 Å². The zero-order chi connectivity index (χ0) is 45.7. The van der Waals surface area contributed by atoms with E-state index in [-0.39, 0.29) is 19.1 Å². The van der Waals surface area contributed by atoms with E-state index in [1.165, 1.54) is 167 Å². The van der Waals surface area contributed by atoms with Gasteiger partial charge < -0.3 is 28.8 Å². The number of hydrogen-bond donors (Lipinski definition) is 2. The lowest BCUT2D eigenvalue weighted by Gasteiger charge is -2.30. The van der Waals surface area contributed by atoms with Crippen molar-refractivity contribution in [2.45, 2.75) is 270 Å². The number of phosphoric ester groups is 1. The number of nitrogens with zero attached hydrogens (tertiary/aromatic N) is 1. The zero-order valence-electron chi connectivity index (χ0n) is 41.8. The maximum Gasteiger partial charge on any atom is 0.268 e. The molecule has 0 saturated carbocycles. The van der Waals surface area contributed by atoms with E-state index in [0.717, 1.165) is 64.2 Å². The number of aliphatic hydroxyl groups is 1. The molecule has 9 heteroatoms. The van der Waals surface area contributed by atoms with Crippen LogP contribution < -0.4 is 10.2 Å². The van der Waals surface area contributed by atoms with Crippen molar-refractivity contribution in [2.75, 3.05) is 40.9 Å². The van der Waals surface area contributed by atoms with Crippen LogP contribution in [0.1, 0.15) is 258 Å². The summed E-state index contributed by atoms with van der Waals surface area (Å²) in [5.74, 6) is -0.176. The second-order valence-electron chi connectivity index (χ2n) is 19.6. The maximum absolute atomic E-state index is 12.9. The van der Waals surface area contributed by atoms with Crippen molar-refractivity contribution in [2.24, 2.45) is 0 Å². The highest BCUT2D eigenvalue weighted by atomic mass is 31.2. The van der Waals surface area contributed by atoms with Crippen LogP contribution in [-0.2, 0) is 18.4 Å². The molecule has 0 aromatic rings. The van der Waals surface area contributed by atoms with Gasteiger partial charge in [-0.3, -0.25) is 9.36 Å². The Balaban J connectivity index is 4.17. The topological polar surface area (TPSA) is 108 Å². The molecule has 0 aromatic carbocycles. The van der Waals surface area contributed by atoms with E-state index < -0.39 is 20.0 Å². The van der Waals surface area contributed by atoms with Crippen LogP contribution in [0.5, 0.6) is 0 Å². The van der Waals surface area contributed by atoms with Crippen LogP contribution in [-0.4, -0.2) is 68.5 Å². The number of unbranched alkanes of at least 4 members (excludes halogenated alkanes) is 32. The Bertz CT molecular complexity index is 1060. The summed E-state index contributed by atoms with van der Waals surface area (Å²) in [5.41, 5.74) is 0. The number of carbonyl (C=O) groups excluding carboxylic acids is 1.